The zero-order chi connectivity index (χ0) is 19.2. The summed E-state index contributed by atoms with van der Waals surface area (Å²) in [6, 6.07) is 16.8. The van der Waals surface area contributed by atoms with Crippen LogP contribution >= 0.6 is 11.3 Å². The van der Waals surface area contributed by atoms with E-state index in [2.05, 4.69) is 25.3 Å². The van der Waals surface area contributed by atoms with Gasteiger partial charge in [-0.2, -0.15) is 0 Å². The second-order valence-electron chi connectivity index (χ2n) is 5.72. The minimum atomic E-state index is -0.381. The number of nitrogens with one attached hydrogen (secondary N) is 1. The van der Waals surface area contributed by atoms with Crippen molar-refractivity contribution in [1.82, 2.24) is 19.9 Å². The summed E-state index contributed by atoms with van der Waals surface area (Å²) in [5, 5.41) is 5.05. The highest BCUT2D eigenvalue weighted by Crippen LogP contribution is 2.23. The quantitative estimate of drug-likeness (QED) is 0.539. The molecule has 0 unspecified atom stereocenters. The molecule has 138 valence electrons. The summed E-state index contributed by atoms with van der Waals surface area (Å²) in [4.78, 5) is 29.2. The summed E-state index contributed by atoms with van der Waals surface area (Å²) in [7, 11) is 0. The maximum absolute atomic E-state index is 12.5. The van der Waals surface area contributed by atoms with E-state index in [4.69, 9.17) is 4.74 Å². The van der Waals surface area contributed by atoms with Gasteiger partial charge in [0.25, 0.3) is 5.91 Å². The summed E-state index contributed by atoms with van der Waals surface area (Å²) in [6.45, 7) is 0.360. The monoisotopic (exact) mass is 389 g/mol. The molecule has 0 aliphatic rings. The lowest BCUT2D eigenvalue weighted by Gasteiger charge is -2.06. The molecule has 1 aromatic carbocycles. The van der Waals surface area contributed by atoms with Gasteiger partial charge in [0, 0.05) is 17.6 Å². The van der Waals surface area contributed by atoms with Crippen LogP contribution in [-0.4, -0.2) is 25.8 Å². The molecular weight excluding hydrogens is 374 g/mol. The van der Waals surface area contributed by atoms with Gasteiger partial charge in [0.05, 0.1) is 5.69 Å². The molecule has 1 N–H and O–H groups in total. The van der Waals surface area contributed by atoms with Crippen LogP contribution in [0, 0.1) is 0 Å². The van der Waals surface area contributed by atoms with Gasteiger partial charge in [-0.15, -0.1) is 11.3 Å². The molecule has 0 saturated heterocycles. The van der Waals surface area contributed by atoms with Crippen LogP contribution in [0.15, 0.2) is 72.5 Å². The number of amides is 1. The number of aromatic nitrogens is 4. The highest BCUT2D eigenvalue weighted by atomic mass is 32.1. The van der Waals surface area contributed by atoms with Gasteiger partial charge >= 0.3 is 0 Å². The number of nitrogens with zero attached hydrogens (tertiary/aromatic N) is 4. The van der Waals surface area contributed by atoms with Crippen LogP contribution in [0.25, 0.3) is 11.4 Å². The van der Waals surface area contributed by atoms with Crippen molar-refractivity contribution in [3.05, 3.63) is 83.8 Å². The molecule has 7 nitrogen and oxygen atoms in total. The average Bonchev–Trinajstić information content (AvgIpc) is 3.22. The van der Waals surface area contributed by atoms with Crippen molar-refractivity contribution in [2.45, 2.75) is 6.61 Å². The molecule has 0 atom stereocenters. The molecule has 0 spiro atoms. The van der Waals surface area contributed by atoms with Crippen LogP contribution in [0.5, 0.6) is 5.88 Å². The van der Waals surface area contributed by atoms with Crippen LogP contribution in [0.2, 0.25) is 0 Å². The van der Waals surface area contributed by atoms with Crippen LogP contribution in [-0.2, 0) is 6.61 Å². The van der Waals surface area contributed by atoms with Gasteiger partial charge in [0.2, 0.25) is 5.88 Å². The Balaban J connectivity index is 1.42. The first-order valence-electron chi connectivity index (χ1n) is 8.45. The van der Waals surface area contributed by atoms with Crippen molar-refractivity contribution in [3.63, 3.8) is 0 Å². The van der Waals surface area contributed by atoms with Gasteiger partial charge < -0.3 is 4.74 Å². The van der Waals surface area contributed by atoms with E-state index in [1.54, 1.807) is 6.20 Å². The molecule has 1 amide bonds. The van der Waals surface area contributed by atoms with Gasteiger partial charge in [-0.05, 0) is 17.7 Å². The lowest BCUT2D eigenvalue weighted by Crippen LogP contribution is -2.14. The molecule has 8 heteroatoms. The number of thiazole rings is 1. The molecule has 0 fully saturated rings. The molecule has 28 heavy (non-hydrogen) atoms. The maximum atomic E-state index is 12.5. The highest BCUT2D eigenvalue weighted by molar-refractivity contribution is 7.14. The van der Waals surface area contributed by atoms with E-state index in [1.165, 1.54) is 23.7 Å². The molecule has 0 aliphatic carbocycles. The first-order valence-corrected chi connectivity index (χ1v) is 9.33. The first kappa shape index (κ1) is 17.7. The van der Waals surface area contributed by atoms with Gasteiger partial charge in [-0.1, -0.05) is 36.4 Å². The predicted molar refractivity (Wildman–Crippen MR) is 106 cm³/mol. The second kappa shape index (κ2) is 8.36. The first-order chi connectivity index (χ1) is 13.8. The fourth-order valence-electron chi connectivity index (χ4n) is 2.40. The molecule has 0 aliphatic heterocycles. The van der Waals surface area contributed by atoms with Gasteiger partial charge in [0.1, 0.15) is 24.3 Å². The summed E-state index contributed by atoms with van der Waals surface area (Å²) in [6.07, 6.45) is 3.00. The maximum Gasteiger partial charge on any atom is 0.276 e. The molecule has 3 heterocycles. The number of carbonyl (C=O) groups excluding carboxylic acids is 1. The molecule has 3 aromatic heterocycles. The third-order valence-corrected chi connectivity index (χ3v) is 4.51. The van der Waals surface area contributed by atoms with Gasteiger partial charge in [-0.3, -0.25) is 15.1 Å². The lowest BCUT2D eigenvalue weighted by atomic mass is 10.2. The van der Waals surface area contributed by atoms with Crippen molar-refractivity contribution in [2.24, 2.45) is 0 Å². The smallest absolute Gasteiger partial charge is 0.276 e. The third kappa shape index (κ3) is 4.36. The van der Waals surface area contributed by atoms with E-state index in [0.717, 1.165) is 11.3 Å². The Morgan fingerprint density at radius 1 is 1.00 bits per heavy atom. The Kier molecular flexibility index (Phi) is 5.30. The van der Waals surface area contributed by atoms with Crippen LogP contribution in [0.4, 0.5) is 5.13 Å². The summed E-state index contributed by atoms with van der Waals surface area (Å²) in [5.74, 6) is -0.0498. The molecule has 4 aromatic rings. The third-order valence-electron chi connectivity index (χ3n) is 3.76. The van der Waals surface area contributed by atoms with Crippen LogP contribution in [0.3, 0.4) is 0 Å². The Labute approximate surface area is 165 Å². The highest BCUT2D eigenvalue weighted by Gasteiger charge is 2.13. The lowest BCUT2D eigenvalue weighted by molar-refractivity contribution is 0.102. The van der Waals surface area contributed by atoms with E-state index in [9.17, 15) is 4.79 Å². The Morgan fingerprint density at radius 3 is 2.68 bits per heavy atom. The molecule has 0 saturated carbocycles. The standard InChI is InChI=1S/C20H15N5O2S/c26-19(25-20-24-17(12-28-20)15-8-4-5-9-21-15)16-10-18(23-13-22-16)27-11-14-6-2-1-3-7-14/h1-10,12-13H,11H2,(H,24,25,26). The largest absolute Gasteiger partial charge is 0.473 e. The topological polar surface area (TPSA) is 89.9 Å². The number of anilines is 1. The predicted octanol–water partition coefficient (Wildman–Crippen LogP) is 3.83. The van der Waals surface area contributed by atoms with E-state index >= 15 is 0 Å². The molecular formula is C20H15N5O2S. The molecule has 4 rings (SSSR count). The number of carbonyl (C=O) groups is 1. The average molecular weight is 389 g/mol. The van der Waals surface area contributed by atoms with Crippen molar-refractivity contribution in [2.75, 3.05) is 5.32 Å². The Hall–Kier alpha value is -3.65. The summed E-state index contributed by atoms with van der Waals surface area (Å²) in [5.41, 5.74) is 2.66. The van der Waals surface area contributed by atoms with E-state index in [1.807, 2.05) is 53.9 Å². The number of benzene rings is 1. The molecule has 0 bridgehead atoms. The number of rotatable bonds is 6. The minimum Gasteiger partial charge on any atom is -0.473 e. The van der Waals surface area contributed by atoms with Crippen molar-refractivity contribution < 1.29 is 9.53 Å². The minimum absolute atomic E-state index is 0.202. The SMILES string of the molecule is O=C(Nc1nc(-c2ccccn2)cs1)c1cc(OCc2ccccc2)ncn1. The van der Waals surface area contributed by atoms with E-state index in [-0.39, 0.29) is 11.6 Å². The van der Waals surface area contributed by atoms with Crippen molar-refractivity contribution >= 4 is 22.4 Å². The number of pyridine rings is 1. The summed E-state index contributed by atoms with van der Waals surface area (Å²) < 4.78 is 5.64. The molecule has 0 radical (unpaired) electrons. The summed E-state index contributed by atoms with van der Waals surface area (Å²) >= 11 is 1.32. The zero-order valence-electron chi connectivity index (χ0n) is 14.6. The van der Waals surface area contributed by atoms with E-state index < -0.39 is 0 Å². The van der Waals surface area contributed by atoms with E-state index in [0.29, 0.717) is 23.3 Å². The Morgan fingerprint density at radius 2 is 1.86 bits per heavy atom. The van der Waals surface area contributed by atoms with Crippen molar-refractivity contribution in [1.29, 1.82) is 0 Å². The zero-order valence-corrected chi connectivity index (χ0v) is 15.5. The van der Waals surface area contributed by atoms with Gasteiger partial charge in [0.15, 0.2) is 5.13 Å². The normalized spacial score (nSPS) is 10.4. The number of ether oxygens (including phenoxy) is 1. The Bertz CT molecular complexity index is 1070. The van der Waals surface area contributed by atoms with Gasteiger partial charge in [-0.25, -0.2) is 15.0 Å². The van der Waals surface area contributed by atoms with Crippen LogP contribution in [0.1, 0.15) is 16.1 Å². The fourth-order valence-corrected chi connectivity index (χ4v) is 3.10. The van der Waals surface area contributed by atoms with Crippen molar-refractivity contribution in [3.8, 4) is 17.3 Å². The fraction of sp³-hybridized carbons (Fsp3) is 0.0500. The number of hydrogen-bond donors (Lipinski definition) is 1. The number of hydrogen-bond acceptors (Lipinski definition) is 7. The second-order valence-corrected chi connectivity index (χ2v) is 6.58. The van der Waals surface area contributed by atoms with Crippen LogP contribution < -0.4 is 10.1 Å².